The minimum Gasteiger partial charge on any atom is -0.338 e. The molecule has 0 saturated carbocycles. The van der Waals surface area contributed by atoms with Gasteiger partial charge in [-0.2, -0.15) is 0 Å². The maximum Gasteiger partial charge on any atom is 0.256 e. The first kappa shape index (κ1) is 18.5. The van der Waals surface area contributed by atoms with Gasteiger partial charge >= 0.3 is 0 Å². The number of nitrogens with zero attached hydrogens (tertiary/aromatic N) is 6. The molecule has 0 aliphatic carbocycles. The molecule has 1 fully saturated rings. The van der Waals surface area contributed by atoms with E-state index in [2.05, 4.69) is 41.1 Å². The van der Waals surface area contributed by atoms with Crippen LogP contribution >= 0.6 is 0 Å². The first-order valence-corrected chi connectivity index (χ1v) is 9.81. The second-order valence-electron chi connectivity index (χ2n) is 8.56. The van der Waals surface area contributed by atoms with Gasteiger partial charge in [0.2, 0.25) is 0 Å². The number of amides is 1. The molecule has 0 radical (unpaired) electrons. The first-order chi connectivity index (χ1) is 13.4. The summed E-state index contributed by atoms with van der Waals surface area (Å²) in [5.41, 5.74) is 3.03. The van der Waals surface area contributed by atoms with Crippen LogP contribution in [0.25, 0.3) is 11.0 Å². The van der Waals surface area contributed by atoms with Gasteiger partial charge in [0.1, 0.15) is 5.52 Å². The average Bonchev–Trinajstić information content (AvgIpc) is 3.16. The summed E-state index contributed by atoms with van der Waals surface area (Å²) in [5, 5.41) is 8.60. The number of carbonyl (C=O) groups excluding carboxylic acids is 1. The van der Waals surface area contributed by atoms with Crippen LogP contribution in [0.5, 0.6) is 0 Å². The lowest BCUT2D eigenvalue weighted by molar-refractivity contribution is 0.0661. The highest BCUT2D eigenvalue weighted by Gasteiger charge is 2.27. The van der Waals surface area contributed by atoms with Crippen LogP contribution in [0.4, 0.5) is 0 Å². The van der Waals surface area contributed by atoms with Crippen molar-refractivity contribution in [2.75, 3.05) is 13.1 Å². The second-order valence-corrected chi connectivity index (χ2v) is 8.56. The van der Waals surface area contributed by atoms with Gasteiger partial charge in [0, 0.05) is 43.6 Å². The van der Waals surface area contributed by atoms with Crippen LogP contribution in [0, 0.1) is 5.92 Å². The van der Waals surface area contributed by atoms with E-state index in [0.717, 1.165) is 43.7 Å². The van der Waals surface area contributed by atoms with Crippen molar-refractivity contribution < 1.29 is 4.79 Å². The summed E-state index contributed by atoms with van der Waals surface area (Å²) < 4.78 is 1.92. The number of rotatable bonds is 3. The maximum atomic E-state index is 13.2. The zero-order valence-electron chi connectivity index (χ0n) is 16.7. The van der Waals surface area contributed by atoms with Crippen molar-refractivity contribution in [2.24, 2.45) is 5.92 Å². The third-order valence-corrected chi connectivity index (χ3v) is 5.29. The van der Waals surface area contributed by atoms with Gasteiger partial charge < -0.3 is 4.90 Å². The predicted molar refractivity (Wildman–Crippen MR) is 107 cm³/mol. The Balaban J connectivity index is 1.49. The Morgan fingerprint density at radius 3 is 2.82 bits per heavy atom. The SMILES string of the molecule is CC(C)(C)c1cn(C[C@@H]2CCCN(C(=O)c3cccc4nccnc34)C2)nn1. The van der Waals surface area contributed by atoms with Gasteiger partial charge in [-0.3, -0.25) is 19.4 Å². The molecule has 1 aliphatic rings. The minimum absolute atomic E-state index is 0.0117. The van der Waals surface area contributed by atoms with Crippen LogP contribution in [-0.4, -0.2) is 48.9 Å². The predicted octanol–water partition coefficient (Wildman–Crippen LogP) is 3.07. The number of hydrogen-bond acceptors (Lipinski definition) is 5. The molecule has 1 saturated heterocycles. The normalized spacial score (nSPS) is 17.8. The van der Waals surface area contributed by atoms with Gasteiger partial charge in [-0.25, -0.2) is 0 Å². The Morgan fingerprint density at radius 2 is 2.04 bits per heavy atom. The van der Waals surface area contributed by atoms with E-state index in [1.165, 1.54) is 0 Å². The highest BCUT2D eigenvalue weighted by Crippen LogP contribution is 2.24. The number of aromatic nitrogens is 5. The quantitative estimate of drug-likeness (QED) is 0.700. The minimum atomic E-state index is -0.0117. The molecule has 7 nitrogen and oxygen atoms in total. The Labute approximate surface area is 164 Å². The largest absolute Gasteiger partial charge is 0.338 e. The van der Waals surface area contributed by atoms with Crippen LogP contribution in [-0.2, 0) is 12.0 Å². The number of likely N-dealkylation sites (tertiary alicyclic amines) is 1. The number of benzene rings is 1. The number of fused-ring (bicyclic) bond motifs is 1. The summed E-state index contributed by atoms with van der Waals surface area (Å²) in [6.07, 6.45) is 7.39. The van der Waals surface area contributed by atoms with Crippen molar-refractivity contribution in [3.05, 3.63) is 48.0 Å². The number of para-hydroxylation sites is 1. The molecule has 2 aromatic heterocycles. The Bertz CT molecular complexity index is 984. The molecular weight excluding hydrogens is 352 g/mol. The van der Waals surface area contributed by atoms with E-state index in [-0.39, 0.29) is 11.3 Å². The molecule has 3 aromatic rings. The molecular formula is C21H26N6O. The van der Waals surface area contributed by atoms with Crippen LogP contribution in [0.3, 0.4) is 0 Å². The Kier molecular flexibility index (Phi) is 4.83. The van der Waals surface area contributed by atoms with Gasteiger partial charge in [-0.15, -0.1) is 5.10 Å². The fourth-order valence-electron chi connectivity index (χ4n) is 3.73. The monoisotopic (exact) mass is 378 g/mol. The smallest absolute Gasteiger partial charge is 0.256 e. The molecule has 0 bridgehead atoms. The molecule has 28 heavy (non-hydrogen) atoms. The lowest BCUT2D eigenvalue weighted by Crippen LogP contribution is -2.41. The highest BCUT2D eigenvalue weighted by atomic mass is 16.2. The van der Waals surface area contributed by atoms with E-state index in [0.29, 0.717) is 17.0 Å². The van der Waals surface area contributed by atoms with E-state index < -0.39 is 0 Å². The number of carbonyl (C=O) groups is 1. The molecule has 7 heteroatoms. The zero-order chi connectivity index (χ0) is 19.7. The van der Waals surface area contributed by atoms with E-state index in [9.17, 15) is 4.79 Å². The summed E-state index contributed by atoms with van der Waals surface area (Å²) in [5.74, 6) is 0.401. The topological polar surface area (TPSA) is 76.8 Å². The van der Waals surface area contributed by atoms with Crippen molar-refractivity contribution >= 4 is 16.9 Å². The fourth-order valence-corrected chi connectivity index (χ4v) is 3.73. The highest BCUT2D eigenvalue weighted by molar-refractivity contribution is 6.04. The summed E-state index contributed by atoms with van der Waals surface area (Å²) in [4.78, 5) is 23.8. The molecule has 0 spiro atoms. The molecule has 1 amide bonds. The molecule has 146 valence electrons. The van der Waals surface area contributed by atoms with Gasteiger partial charge in [-0.05, 0) is 30.9 Å². The lowest BCUT2D eigenvalue weighted by Gasteiger charge is -2.32. The first-order valence-electron chi connectivity index (χ1n) is 9.81. The van der Waals surface area contributed by atoms with E-state index >= 15 is 0 Å². The van der Waals surface area contributed by atoms with Crippen LogP contribution in [0.1, 0.15) is 49.7 Å². The van der Waals surface area contributed by atoms with Crippen molar-refractivity contribution in [3.63, 3.8) is 0 Å². The second kappa shape index (κ2) is 7.30. The van der Waals surface area contributed by atoms with E-state index in [4.69, 9.17) is 0 Å². The fraction of sp³-hybridized carbons (Fsp3) is 0.476. The van der Waals surface area contributed by atoms with Crippen molar-refractivity contribution in [1.82, 2.24) is 29.9 Å². The Hall–Kier alpha value is -2.83. The van der Waals surface area contributed by atoms with E-state index in [1.54, 1.807) is 12.4 Å². The number of hydrogen-bond donors (Lipinski definition) is 0. The summed E-state index contributed by atoms with van der Waals surface area (Å²) >= 11 is 0. The van der Waals surface area contributed by atoms with Crippen molar-refractivity contribution in [3.8, 4) is 0 Å². The van der Waals surface area contributed by atoms with Gasteiger partial charge in [-0.1, -0.05) is 32.1 Å². The molecule has 0 unspecified atom stereocenters. The van der Waals surface area contributed by atoms with Crippen molar-refractivity contribution in [1.29, 1.82) is 0 Å². The van der Waals surface area contributed by atoms with Gasteiger partial charge in [0.25, 0.3) is 5.91 Å². The molecule has 0 N–H and O–H groups in total. The molecule has 1 atom stereocenters. The molecule has 4 rings (SSSR count). The summed E-state index contributed by atoms with van der Waals surface area (Å²) in [7, 11) is 0. The van der Waals surface area contributed by atoms with Crippen LogP contribution in [0.15, 0.2) is 36.8 Å². The average molecular weight is 378 g/mol. The number of piperidine rings is 1. The molecule has 1 aliphatic heterocycles. The molecule has 3 heterocycles. The lowest BCUT2D eigenvalue weighted by atomic mass is 9.93. The summed E-state index contributed by atoms with van der Waals surface area (Å²) in [6, 6.07) is 5.60. The van der Waals surface area contributed by atoms with Gasteiger partial charge in [0.15, 0.2) is 0 Å². The van der Waals surface area contributed by atoms with Gasteiger partial charge in [0.05, 0.1) is 16.8 Å². The van der Waals surface area contributed by atoms with Crippen molar-refractivity contribution in [2.45, 2.75) is 45.6 Å². The third kappa shape index (κ3) is 3.74. The van der Waals surface area contributed by atoms with E-state index in [1.807, 2.05) is 34.0 Å². The third-order valence-electron chi connectivity index (χ3n) is 5.29. The van der Waals surface area contributed by atoms with Crippen LogP contribution < -0.4 is 0 Å². The standard InChI is InChI=1S/C21H26N6O/c1-21(2,3)18-14-27(25-24-18)13-15-6-5-11-26(12-15)20(28)16-7-4-8-17-19(16)23-10-9-22-17/h4,7-10,14-15H,5-6,11-13H2,1-3H3/t15-/m1/s1. The Morgan fingerprint density at radius 1 is 1.21 bits per heavy atom. The van der Waals surface area contributed by atoms with Crippen LogP contribution in [0.2, 0.25) is 0 Å². The molecule has 1 aromatic carbocycles. The maximum absolute atomic E-state index is 13.2. The zero-order valence-corrected chi connectivity index (χ0v) is 16.7. The summed E-state index contributed by atoms with van der Waals surface area (Å²) in [6.45, 7) is 8.68.